The number of benzene rings is 7. The van der Waals surface area contributed by atoms with Crippen molar-refractivity contribution in [3.63, 3.8) is 0 Å². The molecule has 0 bridgehead atoms. The molecule has 0 radical (unpaired) electrons. The molecule has 11 aromatic rings. The number of nitrogens with zero attached hydrogens (tertiary/aromatic N) is 4. The number of rotatable bonds is 6. The van der Waals surface area contributed by atoms with Gasteiger partial charge in [0.2, 0.25) is 0 Å². The Morgan fingerprint density at radius 3 is 1.71 bits per heavy atom. The molecule has 0 aliphatic carbocycles. The van der Waals surface area contributed by atoms with E-state index in [9.17, 15) is 0 Å². The molecule has 7 aromatic carbocycles. The van der Waals surface area contributed by atoms with Gasteiger partial charge in [-0.15, -0.1) is 11.3 Å². The van der Waals surface area contributed by atoms with Crippen LogP contribution in [0.4, 0.5) is 0 Å². The number of aromatic nitrogens is 4. The average Bonchev–Trinajstić information content (AvgIpc) is 3.82. The van der Waals surface area contributed by atoms with E-state index < -0.39 is 0 Å². The molecular formula is C51H32N4S. The van der Waals surface area contributed by atoms with Crippen molar-refractivity contribution in [1.29, 1.82) is 0 Å². The molecule has 0 amide bonds. The Kier molecular flexibility index (Phi) is 7.64. The van der Waals surface area contributed by atoms with Crippen LogP contribution in [0, 0.1) is 0 Å². The fourth-order valence-electron chi connectivity index (χ4n) is 7.97. The van der Waals surface area contributed by atoms with Crippen LogP contribution in [0.2, 0.25) is 0 Å². The zero-order chi connectivity index (χ0) is 37.0. The predicted octanol–water partition coefficient (Wildman–Crippen LogP) is 13.7. The predicted molar refractivity (Wildman–Crippen MR) is 234 cm³/mol. The molecular weight excluding hydrogens is 701 g/mol. The van der Waals surface area contributed by atoms with Gasteiger partial charge in [0.1, 0.15) is 4.83 Å². The highest BCUT2D eigenvalue weighted by atomic mass is 32.1. The van der Waals surface area contributed by atoms with E-state index in [4.69, 9.17) is 15.0 Å². The Balaban J connectivity index is 1.11. The van der Waals surface area contributed by atoms with E-state index in [1.807, 2.05) is 35.6 Å². The van der Waals surface area contributed by atoms with Gasteiger partial charge < -0.3 is 4.57 Å². The van der Waals surface area contributed by atoms with E-state index in [1.54, 1.807) is 0 Å². The molecule has 262 valence electrons. The van der Waals surface area contributed by atoms with E-state index >= 15 is 0 Å². The minimum Gasteiger partial charge on any atom is -0.301 e. The average molecular weight is 733 g/mol. The highest BCUT2D eigenvalue weighted by Gasteiger charge is 2.23. The molecule has 0 N–H and O–H groups in total. The maximum atomic E-state index is 5.26. The van der Waals surface area contributed by atoms with Gasteiger partial charge >= 0.3 is 0 Å². The first-order chi connectivity index (χ1) is 27.8. The highest BCUT2D eigenvalue weighted by molar-refractivity contribution is 7.26. The first-order valence-corrected chi connectivity index (χ1v) is 19.6. The van der Waals surface area contributed by atoms with Crippen molar-refractivity contribution in [3.05, 3.63) is 194 Å². The van der Waals surface area contributed by atoms with Crippen molar-refractivity contribution in [3.8, 4) is 62.0 Å². The third-order valence-corrected chi connectivity index (χ3v) is 11.8. The molecule has 4 heterocycles. The Labute approximate surface area is 327 Å². The molecule has 0 fully saturated rings. The van der Waals surface area contributed by atoms with Gasteiger partial charge in [-0.1, -0.05) is 164 Å². The lowest BCUT2D eigenvalue weighted by Gasteiger charge is -2.12. The van der Waals surface area contributed by atoms with Crippen LogP contribution >= 0.6 is 11.3 Å². The molecule has 0 aliphatic rings. The van der Waals surface area contributed by atoms with Gasteiger partial charge in [-0.2, -0.15) is 0 Å². The normalized spacial score (nSPS) is 11.6. The quantitative estimate of drug-likeness (QED) is 0.171. The van der Waals surface area contributed by atoms with E-state index in [2.05, 4.69) is 174 Å². The zero-order valence-electron chi connectivity index (χ0n) is 30.2. The van der Waals surface area contributed by atoms with Gasteiger partial charge in [0.25, 0.3) is 0 Å². The molecule has 0 aliphatic heterocycles. The summed E-state index contributed by atoms with van der Waals surface area (Å²) >= 11 is 1.82. The summed E-state index contributed by atoms with van der Waals surface area (Å²) in [5, 5.41) is 4.91. The van der Waals surface area contributed by atoms with Crippen LogP contribution in [-0.4, -0.2) is 19.5 Å². The Morgan fingerprint density at radius 1 is 0.393 bits per heavy atom. The topological polar surface area (TPSA) is 43.6 Å². The second-order valence-electron chi connectivity index (χ2n) is 14.0. The minimum absolute atomic E-state index is 0.696. The van der Waals surface area contributed by atoms with Crippen molar-refractivity contribution in [1.82, 2.24) is 19.5 Å². The SMILES string of the molecule is c1ccc(-c2ccc(-c3cc(-c4cccc(-n5c6ccccc6c6c7c(sc65)c(-c5ccccc5)nc5ccccc57)c4)nc(-c4ccccc4)n3)cc2)cc1. The second kappa shape index (κ2) is 13.3. The van der Waals surface area contributed by atoms with Crippen LogP contribution in [0.25, 0.3) is 104 Å². The zero-order valence-corrected chi connectivity index (χ0v) is 31.0. The van der Waals surface area contributed by atoms with Gasteiger partial charge in [0, 0.05) is 49.5 Å². The molecule has 0 saturated carbocycles. The molecule has 0 spiro atoms. The highest BCUT2D eigenvalue weighted by Crippen LogP contribution is 2.47. The van der Waals surface area contributed by atoms with E-state index in [0.717, 1.165) is 50.5 Å². The number of hydrogen-bond acceptors (Lipinski definition) is 4. The Hall–Kier alpha value is -7.21. The first-order valence-electron chi connectivity index (χ1n) is 18.8. The summed E-state index contributed by atoms with van der Waals surface area (Å²) in [6, 6.07) is 68.1. The largest absolute Gasteiger partial charge is 0.301 e. The van der Waals surface area contributed by atoms with E-state index in [0.29, 0.717) is 5.82 Å². The van der Waals surface area contributed by atoms with Gasteiger partial charge in [-0.3, -0.25) is 0 Å². The molecule has 0 saturated heterocycles. The Bertz CT molecular complexity index is 3220. The number of hydrogen-bond donors (Lipinski definition) is 0. The van der Waals surface area contributed by atoms with E-state index in [-0.39, 0.29) is 0 Å². The van der Waals surface area contributed by atoms with Crippen molar-refractivity contribution >= 4 is 53.4 Å². The number of fused-ring (bicyclic) bond motifs is 7. The van der Waals surface area contributed by atoms with Crippen LogP contribution in [-0.2, 0) is 0 Å². The summed E-state index contributed by atoms with van der Waals surface area (Å²) in [7, 11) is 0. The second-order valence-corrected chi connectivity index (χ2v) is 15.0. The molecule has 56 heavy (non-hydrogen) atoms. The van der Waals surface area contributed by atoms with Crippen molar-refractivity contribution in [2.24, 2.45) is 0 Å². The molecule has 4 aromatic heterocycles. The third-order valence-electron chi connectivity index (χ3n) is 10.6. The first kappa shape index (κ1) is 32.2. The maximum Gasteiger partial charge on any atom is 0.160 e. The summed E-state index contributed by atoms with van der Waals surface area (Å²) in [6.07, 6.45) is 0. The lowest BCUT2D eigenvalue weighted by molar-refractivity contribution is 1.17. The number of pyridine rings is 1. The lowest BCUT2D eigenvalue weighted by atomic mass is 10.0. The standard InChI is InChI=1S/C51H32N4S/c1-4-15-33(16-5-1)34-27-29-35(30-28-34)43-32-44(54-50(53-43)37-19-8-3-9-20-37)38-21-14-22-39(31-38)55-45-26-13-11-24-41(45)47-46-40-23-10-12-25-42(40)52-48(49(46)56-51(47)55)36-17-6-2-7-18-36/h1-32H. The van der Waals surface area contributed by atoms with Gasteiger partial charge in [-0.05, 0) is 41.5 Å². The fourth-order valence-corrected chi connectivity index (χ4v) is 9.35. The van der Waals surface area contributed by atoms with Crippen molar-refractivity contribution < 1.29 is 0 Å². The summed E-state index contributed by atoms with van der Waals surface area (Å²) in [5.74, 6) is 0.696. The lowest BCUT2D eigenvalue weighted by Crippen LogP contribution is -1.97. The summed E-state index contributed by atoms with van der Waals surface area (Å²) in [6.45, 7) is 0. The molecule has 5 heteroatoms. The molecule has 11 rings (SSSR count). The smallest absolute Gasteiger partial charge is 0.160 e. The molecule has 0 atom stereocenters. The number of para-hydroxylation sites is 2. The van der Waals surface area contributed by atoms with Gasteiger partial charge in [0.15, 0.2) is 5.82 Å². The van der Waals surface area contributed by atoms with Crippen LogP contribution in [0.5, 0.6) is 0 Å². The molecule has 0 unspecified atom stereocenters. The third kappa shape index (κ3) is 5.40. The molecule has 4 nitrogen and oxygen atoms in total. The van der Waals surface area contributed by atoms with Crippen LogP contribution < -0.4 is 0 Å². The van der Waals surface area contributed by atoms with Crippen molar-refractivity contribution in [2.75, 3.05) is 0 Å². The Morgan fingerprint density at radius 2 is 0.964 bits per heavy atom. The van der Waals surface area contributed by atoms with Gasteiger partial charge in [-0.25, -0.2) is 15.0 Å². The van der Waals surface area contributed by atoms with Gasteiger partial charge in [0.05, 0.1) is 32.8 Å². The minimum atomic E-state index is 0.696. The summed E-state index contributed by atoms with van der Waals surface area (Å²) in [5.41, 5.74) is 12.5. The van der Waals surface area contributed by atoms with Crippen LogP contribution in [0.3, 0.4) is 0 Å². The maximum absolute atomic E-state index is 5.26. The fraction of sp³-hybridized carbons (Fsp3) is 0. The monoisotopic (exact) mass is 732 g/mol. The summed E-state index contributed by atoms with van der Waals surface area (Å²) in [4.78, 5) is 16.8. The number of thiophene rings is 1. The van der Waals surface area contributed by atoms with Crippen LogP contribution in [0.15, 0.2) is 194 Å². The van der Waals surface area contributed by atoms with Crippen LogP contribution in [0.1, 0.15) is 0 Å². The van der Waals surface area contributed by atoms with E-state index in [1.165, 1.54) is 47.7 Å². The summed E-state index contributed by atoms with van der Waals surface area (Å²) < 4.78 is 3.62. The van der Waals surface area contributed by atoms with Crippen molar-refractivity contribution in [2.45, 2.75) is 0 Å².